The quantitative estimate of drug-likeness (QED) is 0.508. The lowest BCUT2D eigenvalue weighted by atomic mass is 10.2. The third-order valence-corrected chi connectivity index (χ3v) is 4.89. The molecule has 3 nitrogen and oxygen atoms in total. The molecule has 0 N–H and O–H groups in total. The number of hydrogen-bond donors (Lipinski definition) is 0. The second-order valence-electron chi connectivity index (χ2n) is 4.67. The Labute approximate surface area is 132 Å². The van der Waals surface area contributed by atoms with Crippen LogP contribution in [0.5, 0.6) is 0 Å². The number of nitrogens with zero attached hydrogens (tertiary/aromatic N) is 2. The largest absolute Gasteiger partial charge is 0.269 e. The van der Waals surface area contributed by atoms with Crippen LogP contribution in [0.3, 0.4) is 0 Å². The minimum atomic E-state index is -0.0460. The van der Waals surface area contributed by atoms with Gasteiger partial charge in [0.2, 0.25) is 0 Å². The molecule has 0 unspecified atom stereocenters. The molecule has 0 atom stereocenters. The molecule has 0 aliphatic heterocycles. The zero-order valence-electron chi connectivity index (χ0n) is 10.8. The molecule has 102 valence electrons. The van der Waals surface area contributed by atoms with E-state index in [0.29, 0.717) is 0 Å². The Kier molecular flexibility index (Phi) is 2.90. The van der Waals surface area contributed by atoms with Crippen molar-refractivity contribution in [2.45, 2.75) is 0 Å². The van der Waals surface area contributed by atoms with Crippen LogP contribution in [0, 0.1) is 0 Å². The first-order valence-electron chi connectivity index (χ1n) is 6.40. The van der Waals surface area contributed by atoms with Crippen molar-refractivity contribution in [3.63, 3.8) is 0 Å². The number of hydrogen-bond acceptors (Lipinski definition) is 3. The first kappa shape index (κ1) is 12.7. The maximum Gasteiger partial charge on any atom is 0.258 e. The molecule has 2 aromatic carbocycles. The van der Waals surface area contributed by atoms with Crippen molar-refractivity contribution in [3.05, 3.63) is 69.4 Å². The predicted octanol–water partition coefficient (Wildman–Crippen LogP) is 4.34. The minimum Gasteiger partial charge on any atom is -0.269 e. The zero-order valence-corrected chi connectivity index (χ0v) is 13.2. The van der Waals surface area contributed by atoms with Crippen molar-refractivity contribution in [1.29, 1.82) is 0 Å². The standard InChI is InChI=1S/C16H9BrN2OS/c17-11-7-5-10(6-8-11)14-9-15(20)19-13-4-2-1-3-12(13)18-16(19)21-14/h1-9H. The van der Waals surface area contributed by atoms with Crippen LogP contribution >= 0.6 is 27.3 Å². The van der Waals surface area contributed by atoms with Gasteiger partial charge < -0.3 is 0 Å². The van der Waals surface area contributed by atoms with Gasteiger partial charge >= 0.3 is 0 Å². The smallest absolute Gasteiger partial charge is 0.258 e. The zero-order chi connectivity index (χ0) is 14.4. The fourth-order valence-electron chi connectivity index (χ4n) is 2.35. The highest BCUT2D eigenvalue weighted by Gasteiger charge is 2.10. The lowest BCUT2D eigenvalue weighted by Crippen LogP contribution is -2.09. The van der Waals surface area contributed by atoms with E-state index in [1.165, 1.54) is 11.3 Å². The average molecular weight is 357 g/mol. The van der Waals surface area contributed by atoms with E-state index in [9.17, 15) is 4.79 Å². The van der Waals surface area contributed by atoms with Gasteiger partial charge in [0.05, 0.1) is 11.0 Å². The fourth-order valence-corrected chi connectivity index (χ4v) is 3.64. The van der Waals surface area contributed by atoms with Crippen molar-refractivity contribution in [2.75, 3.05) is 0 Å². The SMILES string of the molecule is O=c1cc(-c2ccc(Br)cc2)sc2nc3ccccc3n12. The molecule has 0 amide bonds. The van der Waals surface area contributed by atoms with Gasteiger partial charge in [0.15, 0.2) is 4.96 Å². The lowest BCUT2D eigenvalue weighted by molar-refractivity contribution is 1.18. The van der Waals surface area contributed by atoms with Crippen molar-refractivity contribution in [2.24, 2.45) is 0 Å². The fraction of sp³-hybridized carbons (Fsp3) is 0. The van der Waals surface area contributed by atoms with Crippen LogP contribution in [0.15, 0.2) is 63.9 Å². The number of aromatic nitrogens is 2. The lowest BCUT2D eigenvalue weighted by Gasteiger charge is -2.01. The summed E-state index contributed by atoms with van der Waals surface area (Å²) in [5.74, 6) is 0. The Morgan fingerprint density at radius 3 is 2.62 bits per heavy atom. The van der Waals surface area contributed by atoms with Gasteiger partial charge in [-0.05, 0) is 29.8 Å². The Morgan fingerprint density at radius 2 is 1.81 bits per heavy atom. The number of fused-ring (bicyclic) bond motifs is 3. The summed E-state index contributed by atoms with van der Waals surface area (Å²) in [7, 11) is 0. The molecular formula is C16H9BrN2OS. The molecule has 0 aliphatic carbocycles. The van der Waals surface area contributed by atoms with E-state index in [1.807, 2.05) is 48.5 Å². The van der Waals surface area contributed by atoms with E-state index in [-0.39, 0.29) is 5.56 Å². The molecule has 4 rings (SSSR count). The van der Waals surface area contributed by atoms with Gasteiger partial charge in [0, 0.05) is 15.4 Å². The van der Waals surface area contributed by atoms with E-state index in [0.717, 1.165) is 30.9 Å². The van der Waals surface area contributed by atoms with Crippen molar-refractivity contribution in [1.82, 2.24) is 9.38 Å². The highest BCUT2D eigenvalue weighted by atomic mass is 79.9. The summed E-state index contributed by atoms with van der Waals surface area (Å²) in [6, 6.07) is 17.3. The molecule has 0 spiro atoms. The molecule has 4 aromatic rings. The highest BCUT2D eigenvalue weighted by molar-refractivity contribution is 9.10. The molecule has 0 saturated heterocycles. The number of rotatable bonds is 1. The first-order chi connectivity index (χ1) is 10.2. The Balaban J connectivity index is 2.03. The van der Waals surface area contributed by atoms with Gasteiger partial charge in [0.25, 0.3) is 5.56 Å². The average Bonchev–Trinajstić information content (AvgIpc) is 2.86. The second kappa shape index (κ2) is 4.79. The van der Waals surface area contributed by atoms with E-state index < -0.39 is 0 Å². The third-order valence-electron chi connectivity index (χ3n) is 3.33. The van der Waals surface area contributed by atoms with Gasteiger partial charge in [-0.15, -0.1) is 0 Å². The number of para-hydroxylation sites is 2. The normalized spacial score (nSPS) is 11.3. The number of imidazole rings is 1. The van der Waals surface area contributed by atoms with E-state index >= 15 is 0 Å². The van der Waals surface area contributed by atoms with Gasteiger partial charge in [-0.3, -0.25) is 9.20 Å². The second-order valence-corrected chi connectivity index (χ2v) is 6.60. The molecule has 0 radical (unpaired) electrons. The van der Waals surface area contributed by atoms with E-state index in [2.05, 4.69) is 20.9 Å². The summed E-state index contributed by atoms with van der Waals surface area (Å²) in [5.41, 5.74) is 2.68. The van der Waals surface area contributed by atoms with E-state index in [1.54, 1.807) is 10.5 Å². The van der Waals surface area contributed by atoms with Crippen LogP contribution in [0.4, 0.5) is 0 Å². The number of benzene rings is 2. The topological polar surface area (TPSA) is 34.4 Å². The van der Waals surface area contributed by atoms with Crippen LogP contribution in [-0.4, -0.2) is 9.38 Å². The maximum absolute atomic E-state index is 12.4. The molecular weight excluding hydrogens is 348 g/mol. The summed E-state index contributed by atoms with van der Waals surface area (Å²) in [4.78, 5) is 18.6. The summed E-state index contributed by atoms with van der Waals surface area (Å²) in [6.07, 6.45) is 0. The minimum absolute atomic E-state index is 0.0460. The molecule has 21 heavy (non-hydrogen) atoms. The summed E-state index contributed by atoms with van der Waals surface area (Å²) in [6.45, 7) is 0. The van der Waals surface area contributed by atoms with Gasteiger partial charge in [-0.1, -0.05) is 51.5 Å². The monoisotopic (exact) mass is 356 g/mol. The highest BCUT2D eigenvalue weighted by Crippen LogP contribution is 2.27. The summed E-state index contributed by atoms with van der Waals surface area (Å²) < 4.78 is 2.69. The molecule has 0 fully saturated rings. The molecule has 0 bridgehead atoms. The van der Waals surface area contributed by atoms with Crippen LogP contribution in [0.2, 0.25) is 0 Å². The van der Waals surface area contributed by atoms with Gasteiger partial charge in [-0.2, -0.15) is 0 Å². The van der Waals surface area contributed by atoms with Crippen molar-refractivity contribution in [3.8, 4) is 10.4 Å². The van der Waals surface area contributed by atoms with E-state index in [4.69, 9.17) is 0 Å². The van der Waals surface area contributed by atoms with Crippen molar-refractivity contribution < 1.29 is 0 Å². The predicted molar refractivity (Wildman–Crippen MR) is 90.0 cm³/mol. The summed E-state index contributed by atoms with van der Waals surface area (Å²) >= 11 is 4.94. The molecule has 0 saturated carbocycles. The maximum atomic E-state index is 12.4. The van der Waals surface area contributed by atoms with Crippen LogP contribution in [0.1, 0.15) is 0 Å². The van der Waals surface area contributed by atoms with Gasteiger partial charge in [-0.25, -0.2) is 4.98 Å². The molecule has 2 heterocycles. The summed E-state index contributed by atoms with van der Waals surface area (Å²) in [5, 5.41) is 0. The first-order valence-corrected chi connectivity index (χ1v) is 8.00. The van der Waals surface area contributed by atoms with Crippen LogP contribution in [-0.2, 0) is 0 Å². The van der Waals surface area contributed by atoms with Crippen molar-refractivity contribution >= 4 is 43.3 Å². The third kappa shape index (κ3) is 2.09. The van der Waals surface area contributed by atoms with Gasteiger partial charge in [0.1, 0.15) is 0 Å². The molecule has 2 aromatic heterocycles. The van der Waals surface area contributed by atoms with Crippen LogP contribution < -0.4 is 5.56 Å². The molecule has 0 aliphatic rings. The Morgan fingerprint density at radius 1 is 1.05 bits per heavy atom. The number of halogens is 1. The Hall–Kier alpha value is -1.98. The van der Waals surface area contributed by atoms with Crippen LogP contribution in [0.25, 0.3) is 26.4 Å². The molecule has 5 heteroatoms. The Bertz CT molecular complexity index is 1020.